The Labute approximate surface area is 107 Å². The highest BCUT2D eigenvalue weighted by molar-refractivity contribution is 6.30. The fourth-order valence-electron chi connectivity index (χ4n) is 2.09. The monoisotopic (exact) mass is 255 g/mol. The summed E-state index contributed by atoms with van der Waals surface area (Å²) in [5, 5.41) is 9.77. The Bertz CT molecular complexity index is 342. The number of likely N-dealkylation sites (tertiary alicyclic amines) is 1. The first-order valence-electron chi connectivity index (χ1n) is 5.99. The Kier molecular flexibility index (Phi) is 4.66. The molecule has 0 aliphatic carbocycles. The summed E-state index contributed by atoms with van der Waals surface area (Å²) >= 11 is 5.79. The van der Waals surface area contributed by atoms with E-state index in [9.17, 15) is 0 Å². The van der Waals surface area contributed by atoms with Crippen molar-refractivity contribution in [3.05, 3.63) is 29.3 Å². The molecule has 0 amide bonds. The smallest absolute Gasteiger partial charge is 0.119 e. The van der Waals surface area contributed by atoms with Crippen LogP contribution in [0.4, 0.5) is 0 Å². The molecular weight excluding hydrogens is 238 g/mol. The molecule has 1 aromatic rings. The Balaban J connectivity index is 1.68. The van der Waals surface area contributed by atoms with Crippen molar-refractivity contribution in [3.63, 3.8) is 0 Å². The molecule has 0 spiro atoms. The van der Waals surface area contributed by atoms with Crippen LogP contribution >= 0.6 is 11.6 Å². The van der Waals surface area contributed by atoms with E-state index in [2.05, 4.69) is 4.90 Å². The highest BCUT2D eigenvalue weighted by Crippen LogP contribution is 2.17. The van der Waals surface area contributed by atoms with Gasteiger partial charge in [0.1, 0.15) is 12.4 Å². The van der Waals surface area contributed by atoms with Crippen LogP contribution < -0.4 is 4.74 Å². The lowest BCUT2D eigenvalue weighted by atomic mass is 10.1. The summed E-state index contributed by atoms with van der Waals surface area (Å²) in [6.45, 7) is 3.95. The molecule has 4 heteroatoms. The Morgan fingerprint density at radius 2 is 2.12 bits per heavy atom. The summed E-state index contributed by atoms with van der Waals surface area (Å²) in [5.41, 5.74) is 0. The van der Waals surface area contributed by atoms with Gasteiger partial charge < -0.3 is 9.84 Å². The van der Waals surface area contributed by atoms with Crippen molar-refractivity contribution in [1.82, 2.24) is 4.90 Å². The second-order valence-electron chi connectivity index (χ2n) is 4.44. The van der Waals surface area contributed by atoms with E-state index in [0.717, 1.165) is 36.8 Å². The van der Waals surface area contributed by atoms with Crippen LogP contribution in [0.3, 0.4) is 0 Å². The Morgan fingerprint density at radius 1 is 1.35 bits per heavy atom. The van der Waals surface area contributed by atoms with Crippen molar-refractivity contribution >= 4 is 11.6 Å². The van der Waals surface area contributed by atoms with Gasteiger partial charge >= 0.3 is 0 Å². The molecule has 0 radical (unpaired) electrons. The van der Waals surface area contributed by atoms with E-state index in [1.807, 2.05) is 24.3 Å². The zero-order valence-corrected chi connectivity index (χ0v) is 10.6. The van der Waals surface area contributed by atoms with Gasteiger partial charge in [0.2, 0.25) is 0 Å². The summed E-state index contributed by atoms with van der Waals surface area (Å²) in [7, 11) is 0. The van der Waals surface area contributed by atoms with E-state index in [1.165, 1.54) is 0 Å². The van der Waals surface area contributed by atoms with E-state index in [4.69, 9.17) is 21.4 Å². The van der Waals surface area contributed by atoms with Crippen LogP contribution in [0, 0.1) is 5.92 Å². The highest BCUT2D eigenvalue weighted by Gasteiger charge is 2.20. The van der Waals surface area contributed by atoms with E-state index in [-0.39, 0.29) is 0 Å². The van der Waals surface area contributed by atoms with Gasteiger partial charge in [-0.1, -0.05) is 11.6 Å². The maximum atomic E-state index is 9.04. The average Bonchev–Trinajstić information content (AvgIpc) is 2.80. The molecule has 0 saturated carbocycles. The second-order valence-corrected chi connectivity index (χ2v) is 4.88. The van der Waals surface area contributed by atoms with Gasteiger partial charge in [0.15, 0.2) is 0 Å². The number of hydrogen-bond donors (Lipinski definition) is 1. The van der Waals surface area contributed by atoms with Gasteiger partial charge in [-0.15, -0.1) is 0 Å². The van der Waals surface area contributed by atoms with Crippen LogP contribution in [0.1, 0.15) is 6.42 Å². The van der Waals surface area contributed by atoms with Crippen molar-refractivity contribution in [1.29, 1.82) is 0 Å². The summed E-state index contributed by atoms with van der Waals surface area (Å²) in [4.78, 5) is 2.33. The highest BCUT2D eigenvalue weighted by atomic mass is 35.5. The zero-order valence-electron chi connectivity index (χ0n) is 9.81. The van der Waals surface area contributed by atoms with Gasteiger partial charge in [-0.2, -0.15) is 0 Å². The first kappa shape index (κ1) is 12.7. The maximum absolute atomic E-state index is 9.04. The van der Waals surface area contributed by atoms with E-state index in [1.54, 1.807) is 0 Å². The van der Waals surface area contributed by atoms with Crippen molar-refractivity contribution in [3.8, 4) is 5.75 Å². The molecule has 1 heterocycles. The fourth-order valence-corrected chi connectivity index (χ4v) is 2.21. The number of aliphatic hydroxyl groups excluding tert-OH is 1. The summed E-state index contributed by atoms with van der Waals surface area (Å²) in [6, 6.07) is 7.41. The number of ether oxygens (including phenoxy) is 1. The van der Waals surface area contributed by atoms with Gasteiger partial charge in [-0.05, 0) is 43.1 Å². The molecule has 2 rings (SSSR count). The number of rotatable bonds is 5. The molecule has 0 aromatic heterocycles. The standard InChI is InChI=1S/C13H18ClNO2/c14-12-1-3-13(4-2-12)17-8-7-15-6-5-11(9-15)10-16/h1-4,11,16H,5-10H2. The SMILES string of the molecule is OCC1CCN(CCOc2ccc(Cl)cc2)C1. The number of hydrogen-bond acceptors (Lipinski definition) is 3. The Morgan fingerprint density at radius 3 is 2.76 bits per heavy atom. The number of aliphatic hydroxyl groups is 1. The van der Waals surface area contributed by atoms with Crippen LogP contribution in [0.2, 0.25) is 5.02 Å². The minimum Gasteiger partial charge on any atom is -0.492 e. The predicted molar refractivity (Wildman–Crippen MR) is 68.6 cm³/mol. The molecule has 17 heavy (non-hydrogen) atoms. The Hall–Kier alpha value is -0.770. The normalized spacial score (nSPS) is 20.7. The van der Waals surface area contributed by atoms with Crippen LogP contribution in [0.15, 0.2) is 24.3 Å². The summed E-state index contributed by atoms with van der Waals surface area (Å²) < 4.78 is 5.63. The minimum atomic E-state index is 0.300. The third kappa shape index (κ3) is 3.87. The van der Waals surface area contributed by atoms with Gasteiger partial charge in [0.25, 0.3) is 0 Å². The van der Waals surface area contributed by atoms with Crippen LogP contribution in [0.5, 0.6) is 5.75 Å². The fraction of sp³-hybridized carbons (Fsp3) is 0.538. The first-order valence-corrected chi connectivity index (χ1v) is 6.37. The molecule has 1 aromatic carbocycles. The zero-order chi connectivity index (χ0) is 12.1. The average molecular weight is 256 g/mol. The summed E-state index contributed by atoms with van der Waals surface area (Å²) in [5.74, 6) is 1.30. The van der Waals surface area contributed by atoms with Crippen LogP contribution in [-0.4, -0.2) is 42.9 Å². The lowest BCUT2D eigenvalue weighted by molar-refractivity contribution is 0.204. The van der Waals surface area contributed by atoms with Crippen molar-refractivity contribution in [2.45, 2.75) is 6.42 Å². The predicted octanol–water partition coefficient (Wildman–Crippen LogP) is 2.03. The minimum absolute atomic E-state index is 0.300. The number of nitrogens with zero attached hydrogens (tertiary/aromatic N) is 1. The molecule has 1 aliphatic heterocycles. The summed E-state index contributed by atoms with van der Waals surface area (Å²) in [6.07, 6.45) is 1.09. The lowest BCUT2D eigenvalue weighted by Gasteiger charge is -2.15. The maximum Gasteiger partial charge on any atom is 0.119 e. The van der Waals surface area contributed by atoms with Crippen molar-refractivity contribution in [2.75, 3.05) is 32.8 Å². The third-order valence-electron chi connectivity index (χ3n) is 3.12. The number of halogens is 1. The van der Waals surface area contributed by atoms with Crippen LogP contribution in [0.25, 0.3) is 0 Å². The lowest BCUT2D eigenvalue weighted by Crippen LogP contribution is -2.26. The van der Waals surface area contributed by atoms with Crippen molar-refractivity contribution < 1.29 is 9.84 Å². The second kappa shape index (κ2) is 6.24. The molecule has 1 unspecified atom stereocenters. The third-order valence-corrected chi connectivity index (χ3v) is 3.37. The van der Waals surface area contributed by atoms with E-state index < -0.39 is 0 Å². The molecular formula is C13H18ClNO2. The number of benzene rings is 1. The van der Waals surface area contributed by atoms with E-state index in [0.29, 0.717) is 19.1 Å². The van der Waals surface area contributed by atoms with Crippen molar-refractivity contribution in [2.24, 2.45) is 5.92 Å². The first-order chi connectivity index (χ1) is 8.28. The topological polar surface area (TPSA) is 32.7 Å². The largest absolute Gasteiger partial charge is 0.492 e. The molecule has 3 nitrogen and oxygen atoms in total. The molecule has 1 atom stereocenters. The molecule has 0 bridgehead atoms. The quantitative estimate of drug-likeness (QED) is 0.874. The van der Waals surface area contributed by atoms with Gasteiger partial charge in [0, 0.05) is 24.7 Å². The van der Waals surface area contributed by atoms with Gasteiger partial charge in [-0.3, -0.25) is 4.90 Å². The molecule has 1 aliphatic rings. The van der Waals surface area contributed by atoms with Gasteiger partial charge in [-0.25, -0.2) is 0 Å². The molecule has 1 N–H and O–H groups in total. The van der Waals surface area contributed by atoms with E-state index >= 15 is 0 Å². The van der Waals surface area contributed by atoms with Crippen LogP contribution in [-0.2, 0) is 0 Å². The molecule has 1 fully saturated rings. The molecule has 1 saturated heterocycles. The van der Waals surface area contributed by atoms with Gasteiger partial charge in [0.05, 0.1) is 0 Å². The molecule has 94 valence electrons.